The van der Waals surface area contributed by atoms with Gasteiger partial charge in [0.15, 0.2) is 0 Å². The second-order valence-electron chi connectivity index (χ2n) is 2.33. The van der Waals surface area contributed by atoms with Gasteiger partial charge in [-0.3, -0.25) is 0 Å². The minimum absolute atomic E-state index is 0.0585. The molecule has 0 heterocycles. The van der Waals surface area contributed by atoms with Crippen LogP contribution in [0.5, 0.6) is 0 Å². The van der Waals surface area contributed by atoms with Crippen molar-refractivity contribution in [3.05, 3.63) is 0 Å². The van der Waals surface area contributed by atoms with E-state index in [1.165, 1.54) is 0 Å². The van der Waals surface area contributed by atoms with Crippen LogP contribution in [0.4, 0.5) is 9.59 Å². The van der Waals surface area contributed by atoms with Crippen LogP contribution >= 0.6 is 0 Å². The van der Waals surface area contributed by atoms with Crippen molar-refractivity contribution in [3.8, 4) is 0 Å². The molecule has 0 fully saturated rings. The Bertz CT molecular complexity index is 164. The van der Waals surface area contributed by atoms with Crippen molar-refractivity contribution in [2.24, 2.45) is 0 Å². The predicted molar refractivity (Wildman–Crippen MR) is 50.0 cm³/mol. The monoisotopic (exact) mass is 204 g/mol. The van der Waals surface area contributed by atoms with Crippen LogP contribution in [0.3, 0.4) is 0 Å². The second kappa shape index (κ2) is 8.15. The van der Waals surface area contributed by atoms with E-state index in [2.05, 4.69) is 20.1 Å². The Morgan fingerprint density at radius 2 is 1.29 bits per heavy atom. The lowest BCUT2D eigenvalue weighted by molar-refractivity contribution is 0.0962. The number of carbonyl (C=O) groups excluding carboxylic acids is 2. The molecule has 0 atom stereocenters. The molecule has 0 aromatic heterocycles. The van der Waals surface area contributed by atoms with E-state index in [9.17, 15) is 9.59 Å². The third-order valence-electron chi connectivity index (χ3n) is 1.19. The van der Waals surface area contributed by atoms with E-state index in [1.807, 2.05) is 0 Å². The van der Waals surface area contributed by atoms with E-state index in [0.717, 1.165) is 0 Å². The van der Waals surface area contributed by atoms with Gasteiger partial charge >= 0.3 is 12.2 Å². The molecule has 14 heavy (non-hydrogen) atoms. The summed E-state index contributed by atoms with van der Waals surface area (Å²) in [5.41, 5.74) is 0. The fourth-order valence-corrected chi connectivity index (χ4v) is 0.659. The summed E-state index contributed by atoms with van der Waals surface area (Å²) in [5, 5.41) is 4.88. The Hall–Kier alpha value is -1.46. The number of hydrogen-bond donors (Lipinski definition) is 2. The average Bonchev–Trinajstić information content (AvgIpc) is 2.13. The Balaban J connectivity index is 3.28. The first-order chi connectivity index (χ1) is 6.70. The van der Waals surface area contributed by atoms with Gasteiger partial charge < -0.3 is 20.1 Å². The molecule has 0 saturated carbocycles. The topological polar surface area (TPSA) is 76.7 Å². The van der Waals surface area contributed by atoms with Gasteiger partial charge in [-0.15, -0.1) is 0 Å². The van der Waals surface area contributed by atoms with Crippen molar-refractivity contribution in [2.45, 2.75) is 13.8 Å². The van der Waals surface area contributed by atoms with Crippen molar-refractivity contribution < 1.29 is 19.1 Å². The molecule has 2 N–H and O–H groups in total. The fourth-order valence-electron chi connectivity index (χ4n) is 0.659. The second-order valence-corrected chi connectivity index (χ2v) is 2.33. The number of rotatable bonds is 5. The maximum absolute atomic E-state index is 10.7. The molecule has 0 aliphatic rings. The molecular weight excluding hydrogens is 188 g/mol. The van der Waals surface area contributed by atoms with Crippen molar-refractivity contribution in [1.29, 1.82) is 0 Å². The molecule has 0 aliphatic heterocycles. The van der Waals surface area contributed by atoms with Crippen molar-refractivity contribution in [1.82, 2.24) is 10.6 Å². The Morgan fingerprint density at radius 3 is 1.57 bits per heavy atom. The van der Waals surface area contributed by atoms with Crippen LogP contribution in [0.2, 0.25) is 0 Å². The van der Waals surface area contributed by atoms with Gasteiger partial charge in [-0.25, -0.2) is 9.59 Å². The first-order valence-corrected chi connectivity index (χ1v) is 4.52. The number of amides is 2. The normalized spacial score (nSPS) is 9.00. The van der Waals surface area contributed by atoms with Gasteiger partial charge in [-0.2, -0.15) is 0 Å². The quantitative estimate of drug-likeness (QED) is 0.638. The van der Waals surface area contributed by atoms with E-state index >= 15 is 0 Å². The van der Waals surface area contributed by atoms with Gasteiger partial charge in [0.1, 0.15) is 13.2 Å². The minimum Gasteiger partial charge on any atom is -0.446 e. The summed E-state index contributed by atoms with van der Waals surface area (Å²) in [7, 11) is 0. The molecule has 0 aromatic carbocycles. The molecule has 6 nitrogen and oxygen atoms in total. The molecule has 0 aliphatic carbocycles. The largest absolute Gasteiger partial charge is 0.446 e. The van der Waals surface area contributed by atoms with E-state index < -0.39 is 12.2 Å². The van der Waals surface area contributed by atoms with Crippen molar-refractivity contribution >= 4 is 12.2 Å². The highest BCUT2D eigenvalue weighted by Crippen LogP contribution is 1.81. The third-order valence-corrected chi connectivity index (χ3v) is 1.19. The van der Waals surface area contributed by atoms with Crippen LogP contribution in [0.1, 0.15) is 13.8 Å². The predicted octanol–water partition coefficient (Wildman–Crippen LogP) is 0.479. The SMILES string of the molecule is CCNC(=O)OCCOC(=O)NCC. The summed E-state index contributed by atoms with van der Waals surface area (Å²) in [6.45, 7) is 4.71. The number of ether oxygens (including phenoxy) is 2. The van der Waals surface area contributed by atoms with Crippen LogP contribution in [0.25, 0.3) is 0 Å². The molecule has 0 bridgehead atoms. The Kier molecular flexibility index (Phi) is 7.30. The number of hydrogen-bond acceptors (Lipinski definition) is 4. The summed E-state index contributed by atoms with van der Waals surface area (Å²) in [5.74, 6) is 0. The molecule has 0 radical (unpaired) electrons. The van der Waals surface area contributed by atoms with Crippen LogP contribution in [-0.4, -0.2) is 38.5 Å². The number of carbonyl (C=O) groups is 2. The van der Waals surface area contributed by atoms with Gasteiger partial charge in [-0.1, -0.05) is 0 Å². The molecule has 82 valence electrons. The minimum atomic E-state index is -0.507. The number of alkyl carbamates (subject to hydrolysis) is 2. The highest BCUT2D eigenvalue weighted by Gasteiger charge is 2.01. The molecule has 0 rings (SSSR count). The summed E-state index contributed by atoms with van der Waals surface area (Å²) < 4.78 is 9.31. The lowest BCUT2D eigenvalue weighted by atomic mass is 10.7. The summed E-state index contributed by atoms with van der Waals surface area (Å²) in [6.07, 6.45) is -1.01. The molecule has 0 spiro atoms. The molecule has 0 unspecified atom stereocenters. The smallest absolute Gasteiger partial charge is 0.407 e. The maximum atomic E-state index is 10.7. The van der Waals surface area contributed by atoms with Gasteiger partial charge in [0.05, 0.1) is 0 Å². The summed E-state index contributed by atoms with van der Waals surface area (Å²) >= 11 is 0. The van der Waals surface area contributed by atoms with Gasteiger partial charge in [0.25, 0.3) is 0 Å². The van der Waals surface area contributed by atoms with E-state index in [-0.39, 0.29) is 13.2 Å². The summed E-state index contributed by atoms with van der Waals surface area (Å²) in [6, 6.07) is 0. The van der Waals surface area contributed by atoms with Crippen LogP contribution in [-0.2, 0) is 9.47 Å². The van der Waals surface area contributed by atoms with Gasteiger partial charge in [-0.05, 0) is 13.8 Å². The molecule has 0 saturated heterocycles. The zero-order valence-corrected chi connectivity index (χ0v) is 8.46. The van der Waals surface area contributed by atoms with Gasteiger partial charge in [0.2, 0.25) is 0 Å². The molecule has 0 aromatic rings. The molecule has 2 amide bonds. The zero-order chi connectivity index (χ0) is 10.8. The lowest BCUT2D eigenvalue weighted by Gasteiger charge is -2.06. The average molecular weight is 204 g/mol. The third kappa shape index (κ3) is 7.20. The van der Waals surface area contributed by atoms with Crippen molar-refractivity contribution in [3.63, 3.8) is 0 Å². The molecular formula is C8H16N2O4. The van der Waals surface area contributed by atoms with Crippen LogP contribution in [0.15, 0.2) is 0 Å². The Morgan fingerprint density at radius 1 is 0.929 bits per heavy atom. The van der Waals surface area contributed by atoms with Crippen LogP contribution < -0.4 is 10.6 Å². The van der Waals surface area contributed by atoms with E-state index in [4.69, 9.17) is 0 Å². The standard InChI is InChI=1S/C8H16N2O4/c1-3-9-7(11)13-5-6-14-8(12)10-4-2/h3-6H2,1-2H3,(H,9,11)(H,10,12). The van der Waals surface area contributed by atoms with E-state index in [1.54, 1.807) is 13.8 Å². The van der Waals surface area contributed by atoms with E-state index in [0.29, 0.717) is 13.1 Å². The van der Waals surface area contributed by atoms with Gasteiger partial charge in [0, 0.05) is 13.1 Å². The van der Waals surface area contributed by atoms with Crippen LogP contribution in [0, 0.1) is 0 Å². The zero-order valence-electron chi connectivity index (χ0n) is 8.46. The lowest BCUT2D eigenvalue weighted by Crippen LogP contribution is -2.28. The first kappa shape index (κ1) is 12.5. The highest BCUT2D eigenvalue weighted by molar-refractivity contribution is 5.67. The maximum Gasteiger partial charge on any atom is 0.407 e. The Labute approximate surface area is 82.9 Å². The fraction of sp³-hybridized carbons (Fsp3) is 0.750. The summed E-state index contributed by atoms with van der Waals surface area (Å²) in [4.78, 5) is 21.4. The first-order valence-electron chi connectivity index (χ1n) is 4.52. The number of nitrogens with one attached hydrogen (secondary N) is 2. The van der Waals surface area contributed by atoms with Crippen molar-refractivity contribution in [2.75, 3.05) is 26.3 Å². The highest BCUT2D eigenvalue weighted by atomic mass is 16.6. The molecule has 6 heteroatoms.